The summed E-state index contributed by atoms with van der Waals surface area (Å²) >= 11 is 0. The van der Waals surface area contributed by atoms with Crippen LogP contribution < -0.4 is 15.4 Å². The third-order valence-corrected chi connectivity index (χ3v) is 3.69. The summed E-state index contributed by atoms with van der Waals surface area (Å²) in [6.07, 6.45) is 0. The van der Waals surface area contributed by atoms with Crippen LogP contribution in [0.25, 0.3) is 0 Å². The van der Waals surface area contributed by atoms with Crippen LogP contribution in [0.3, 0.4) is 0 Å². The molecule has 0 bridgehead atoms. The van der Waals surface area contributed by atoms with Gasteiger partial charge in [-0.25, -0.2) is 0 Å². The molecule has 0 radical (unpaired) electrons. The normalized spacial score (nSPS) is 14.4. The van der Waals surface area contributed by atoms with Gasteiger partial charge >= 0.3 is 0 Å². The topological polar surface area (TPSA) is 58.1 Å². The fraction of sp³-hybridized carbons (Fsp3) is 0.611. The Labute approximate surface area is 146 Å². The van der Waals surface area contributed by atoms with Crippen molar-refractivity contribution in [2.75, 3.05) is 48.0 Å². The lowest BCUT2D eigenvalue weighted by Crippen LogP contribution is -2.44. The summed E-state index contributed by atoms with van der Waals surface area (Å²) in [5, 5.41) is 6.64. The number of benzene rings is 1. The molecule has 2 unspecified atom stereocenters. The fourth-order valence-corrected chi connectivity index (χ4v) is 2.42. The second-order valence-electron chi connectivity index (χ2n) is 5.97. The van der Waals surface area contributed by atoms with Crippen LogP contribution in [0.2, 0.25) is 0 Å². The van der Waals surface area contributed by atoms with E-state index < -0.39 is 0 Å². The molecule has 1 rings (SSSR count). The number of nitrogens with zero attached hydrogens (tertiary/aromatic N) is 2. The van der Waals surface area contributed by atoms with Crippen molar-refractivity contribution in [3.05, 3.63) is 29.8 Å². The Morgan fingerprint density at radius 1 is 1.21 bits per heavy atom. The van der Waals surface area contributed by atoms with Crippen LogP contribution in [0.1, 0.15) is 25.5 Å². The molecule has 0 fully saturated rings. The molecule has 24 heavy (non-hydrogen) atoms. The van der Waals surface area contributed by atoms with Gasteiger partial charge in [-0.2, -0.15) is 0 Å². The molecule has 0 aliphatic rings. The number of methoxy groups -OCH3 is 2. The number of aliphatic imine (C=N–C) groups is 1. The Bertz CT molecular complexity index is 488. The quantitative estimate of drug-likeness (QED) is 0.533. The van der Waals surface area contributed by atoms with Crippen molar-refractivity contribution in [3.8, 4) is 5.75 Å². The average Bonchev–Trinajstić information content (AvgIpc) is 2.55. The number of ether oxygens (including phenoxy) is 2. The van der Waals surface area contributed by atoms with E-state index in [-0.39, 0.29) is 12.1 Å². The van der Waals surface area contributed by atoms with Crippen molar-refractivity contribution in [2.45, 2.75) is 25.9 Å². The largest absolute Gasteiger partial charge is 0.497 e. The van der Waals surface area contributed by atoms with Crippen molar-refractivity contribution in [2.24, 2.45) is 4.99 Å². The summed E-state index contributed by atoms with van der Waals surface area (Å²) in [4.78, 5) is 6.92. The van der Waals surface area contributed by atoms with Crippen molar-refractivity contribution in [1.82, 2.24) is 15.5 Å². The third-order valence-electron chi connectivity index (χ3n) is 3.69. The highest BCUT2D eigenvalue weighted by atomic mass is 16.5. The van der Waals surface area contributed by atoms with Gasteiger partial charge in [0.15, 0.2) is 5.96 Å². The second kappa shape index (κ2) is 10.9. The van der Waals surface area contributed by atoms with Crippen molar-refractivity contribution < 1.29 is 9.47 Å². The van der Waals surface area contributed by atoms with E-state index in [0.29, 0.717) is 13.2 Å². The summed E-state index contributed by atoms with van der Waals surface area (Å²) in [6, 6.07) is 8.55. The van der Waals surface area contributed by atoms with Crippen LogP contribution in [0.5, 0.6) is 5.75 Å². The molecular formula is C18H32N4O2. The zero-order chi connectivity index (χ0) is 17.9. The predicted molar refractivity (Wildman–Crippen MR) is 99.9 cm³/mol. The van der Waals surface area contributed by atoms with Gasteiger partial charge in [-0.15, -0.1) is 0 Å². The summed E-state index contributed by atoms with van der Waals surface area (Å²) in [7, 11) is 7.52. The van der Waals surface area contributed by atoms with Crippen LogP contribution in [0, 0.1) is 0 Å². The Morgan fingerprint density at radius 3 is 2.38 bits per heavy atom. The lowest BCUT2D eigenvalue weighted by molar-refractivity contribution is 0.179. The Kier molecular flexibility index (Phi) is 9.19. The summed E-state index contributed by atoms with van der Waals surface area (Å²) in [5.74, 6) is 1.67. The summed E-state index contributed by atoms with van der Waals surface area (Å²) in [5.41, 5.74) is 1.21. The average molecular weight is 336 g/mol. The maximum atomic E-state index is 5.23. The van der Waals surface area contributed by atoms with Crippen LogP contribution in [-0.2, 0) is 4.74 Å². The Morgan fingerprint density at radius 2 is 1.88 bits per heavy atom. The first kappa shape index (κ1) is 20.3. The van der Waals surface area contributed by atoms with Gasteiger partial charge in [-0.1, -0.05) is 12.1 Å². The molecule has 2 N–H and O–H groups in total. The van der Waals surface area contributed by atoms with E-state index >= 15 is 0 Å². The molecule has 2 atom stereocenters. The van der Waals surface area contributed by atoms with Gasteiger partial charge in [0.05, 0.1) is 26.3 Å². The van der Waals surface area contributed by atoms with Gasteiger partial charge in [0, 0.05) is 19.7 Å². The van der Waals surface area contributed by atoms with E-state index in [0.717, 1.165) is 18.3 Å². The zero-order valence-corrected chi connectivity index (χ0v) is 15.8. The fourth-order valence-electron chi connectivity index (χ4n) is 2.42. The van der Waals surface area contributed by atoms with Crippen molar-refractivity contribution in [3.63, 3.8) is 0 Å². The minimum atomic E-state index is 0.198. The third kappa shape index (κ3) is 6.76. The van der Waals surface area contributed by atoms with Crippen LogP contribution in [0.15, 0.2) is 29.3 Å². The minimum Gasteiger partial charge on any atom is -0.497 e. The van der Waals surface area contributed by atoms with E-state index in [4.69, 9.17) is 14.5 Å². The molecule has 0 aliphatic heterocycles. The molecule has 0 saturated carbocycles. The van der Waals surface area contributed by atoms with Gasteiger partial charge in [-0.3, -0.25) is 4.99 Å². The predicted octanol–water partition coefficient (Wildman–Crippen LogP) is 1.89. The molecule has 6 heteroatoms. The van der Waals surface area contributed by atoms with Crippen molar-refractivity contribution in [1.29, 1.82) is 0 Å². The highest BCUT2D eigenvalue weighted by molar-refractivity contribution is 5.80. The van der Waals surface area contributed by atoms with Crippen LogP contribution >= 0.6 is 0 Å². The van der Waals surface area contributed by atoms with E-state index in [9.17, 15) is 0 Å². The molecule has 0 spiro atoms. The first-order chi connectivity index (χ1) is 11.5. The smallest absolute Gasteiger partial charge is 0.191 e. The molecule has 1 aromatic carbocycles. The minimum absolute atomic E-state index is 0.198. The van der Waals surface area contributed by atoms with Gasteiger partial charge in [0.2, 0.25) is 0 Å². The maximum absolute atomic E-state index is 5.23. The molecule has 136 valence electrons. The van der Waals surface area contributed by atoms with E-state index in [1.165, 1.54) is 5.56 Å². The van der Waals surface area contributed by atoms with Crippen LogP contribution in [-0.4, -0.2) is 64.9 Å². The standard InChI is InChI=1S/C18H32N4O2/c1-7-19-18(21-14(2)13-23-5)20-12-17(22(3)4)15-8-10-16(24-6)11-9-15/h8-11,14,17H,7,12-13H2,1-6H3,(H2,19,20,21). The highest BCUT2D eigenvalue weighted by Crippen LogP contribution is 2.21. The number of guanidine groups is 1. The van der Waals surface area contributed by atoms with Gasteiger partial charge < -0.3 is 25.0 Å². The highest BCUT2D eigenvalue weighted by Gasteiger charge is 2.14. The molecule has 1 aromatic rings. The molecule has 6 nitrogen and oxygen atoms in total. The van der Waals surface area contributed by atoms with Crippen molar-refractivity contribution >= 4 is 5.96 Å². The lowest BCUT2D eigenvalue weighted by Gasteiger charge is -2.24. The first-order valence-electron chi connectivity index (χ1n) is 8.35. The van der Waals surface area contributed by atoms with Gasteiger partial charge in [0.1, 0.15) is 5.75 Å². The van der Waals surface area contributed by atoms with Gasteiger partial charge in [0.25, 0.3) is 0 Å². The number of hydrogen-bond acceptors (Lipinski definition) is 4. The molecular weight excluding hydrogens is 304 g/mol. The molecule has 0 aliphatic carbocycles. The lowest BCUT2D eigenvalue weighted by atomic mass is 10.1. The first-order valence-corrected chi connectivity index (χ1v) is 8.35. The monoisotopic (exact) mass is 336 g/mol. The van der Waals surface area contributed by atoms with E-state index in [2.05, 4.69) is 55.6 Å². The summed E-state index contributed by atoms with van der Waals surface area (Å²) in [6.45, 7) is 6.25. The van der Waals surface area contributed by atoms with E-state index in [1.54, 1.807) is 14.2 Å². The SMILES string of the molecule is CCNC(=NCC(c1ccc(OC)cc1)N(C)C)NC(C)COC. The molecule has 0 saturated heterocycles. The number of likely N-dealkylation sites (N-methyl/N-ethyl adjacent to an activating group) is 1. The van der Waals surface area contributed by atoms with Gasteiger partial charge in [-0.05, 0) is 45.6 Å². The summed E-state index contributed by atoms with van der Waals surface area (Å²) < 4.78 is 10.4. The zero-order valence-electron chi connectivity index (χ0n) is 15.8. The number of hydrogen-bond donors (Lipinski definition) is 2. The number of nitrogens with one attached hydrogen (secondary N) is 2. The molecule has 0 heterocycles. The van der Waals surface area contributed by atoms with E-state index in [1.807, 2.05) is 12.1 Å². The molecule has 0 aromatic heterocycles. The molecule has 0 amide bonds. The second-order valence-corrected chi connectivity index (χ2v) is 5.97. The maximum Gasteiger partial charge on any atom is 0.191 e. The van der Waals surface area contributed by atoms with Crippen LogP contribution in [0.4, 0.5) is 0 Å². The Balaban J connectivity index is 2.83. The number of rotatable bonds is 9. The Hall–Kier alpha value is -1.79.